The highest BCUT2D eigenvalue weighted by molar-refractivity contribution is 5.97. The molecular formula is C23H22FN3O2. The molecule has 1 aliphatic heterocycles. The smallest absolute Gasteiger partial charge is 0.267 e. The van der Waals surface area contributed by atoms with Gasteiger partial charge in [0.1, 0.15) is 11.9 Å². The second-order valence-corrected chi connectivity index (χ2v) is 7.41. The molecule has 1 atom stereocenters. The predicted molar refractivity (Wildman–Crippen MR) is 110 cm³/mol. The second-order valence-electron chi connectivity index (χ2n) is 7.41. The minimum atomic E-state index is -0.754. The molecule has 0 spiro atoms. The Morgan fingerprint density at radius 2 is 1.86 bits per heavy atom. The Morgan fingerprint density at radius 1 is 1.10 bits per heavy atom. The van der Waals surface area contributed by atoms with Crippen molar-refractivity contribution in [1.29, 1.82) is 0 Å². The Bertz CT molecular complexity index is 1120. The standard InChI is InChI=1S/C23H22FN3O2/c1-15-5-11-21-18(14-15)4-3-13-26(21)23(29)16(2)27-22(28)12-10-20(25-27)17-6-8-19(24)9-7-17/h5-12,14,16H,3-4,13H2,1-2H3. The molecule has 1 aromatic heterocycles. The normalized spacial score (nSPS) is 14.4. The number of fused-ring (bicyclic) bond motifs is 1. The van der Waals surface area contributed by atoms with Crippen molar-refractivity contribution in [2.45, 2.75) is 32.7 Å². The molecule has 6 heteroatoms. The van der Waals surface area contributed by atoms with E-state index in [1.165, 1.54) is 22.9 Å². The third-order valence-corrected chi connectivity index (χ3v) is 5.31. The molecule has 4 rings (SSSR count). The van der Waals surface area contributed by atoms with Crippen LogP contribution in [0.1, 0.15) is 30.5 Å². The summed E-state index contributed by atoms with van der Waals surface area (Å²) in [5.74, 6) is -0.509. The van der Waals surface area contributed by atoms with Crippen LogP contribution in [0.15, 0.2) is 59.4 Å². The number of carbonyl (C=O) groups excluding carboxylic acids is 1. The van der Waals surface area contributed by atoms with E-state index < -0.39 is 6.04 Å². The summed E-state index contributed by atoms with van der Waals surface area (Å²) in [6.45, 7) is 4.34. The van der Waals surface area contributed by atoms with Crippen LogP contribution in [0.2, 0.25) is 0 Å². The van der Waals surface area contributed by atoms with Gasteiger partial charge in [-0.25, -0.2) is 9.07 Å². The summed E-state index contributed by atoms with van der Waals surface area (Å²) < 4.78 is 14.4. The van der Waals surface area contributed by atoms with Gasteiger partial charge in [-0.2, -0.15) is 5.10 Å². The van der Waals surface area contributed by atoms with E-state index in [4.69, 9.17) is 0 Å². The molecule has 0 saturated carbocycles. The summed E-state index contributed by atoms with van der Waals surface area (Å²) in [7, 11) is 0. The maximum Gasteiger partial charge on any atom is 0.267 e. The van der Waals surface area contributed by atoms with Crippen molar-refractivity contribution >= 4 is 11.6 Å². The summed E-state index contributed by atoms with van der Waals surface area (Å²) in [5, 5.41) is 4.39. The first-order chi connectivity index (χ1) is 13.9. The zero-order valence-corrected chi connectivity index (χ0v) is 16.4. The van der Waals surface area contributed by atoms with E-state index in [-0.39, 0.29) is 17.3 Å². The van der Waals surface area contributed by atoms with Crippen LogP contribution in [0.4, 0.5) is 10.1 Å². The topological polar surface area (TPSA) is 55.2 Å². The number of aryl methyl sites for hydroxylation is 2. The SMILES string of the molecule is Cc1ccc2c(c1)CCCN2C(=O)C(C)n1nc(-c2ccc(F)cc2)ccc1=O. The molecular weight excluding hydrogens is 369 g/mol. The average Bonchev–Trinajstić information content (AvgIpc) is 2.73. The fourth-order valence-corrected chi connectivity index (χ4v) is 3.76. The van der Waals surface area contributed by atoms with Gasteiger partial charge >= 0.3 is 0 Å². The maximum atomic E-state index is 13.3. The lowest BCUT2D eigenvalue weighted by atomic mass is 9.99. The molecule has 0 fully saturated rings. The number of hydrogen-bond acceptors (Lipinski definition) is 3. The summed E-state index contributed by atoms with van der Waals surface area (Å²) >= 11 is 0. The van der Waals surface area contributed by atoms with Gasteiger partial charge in [-0.15, -0.1) is 0 Å². The van der Waals surface area contributed by atoms with E-state index in [1.54, 1.807) is 30.0 Å². The highest BCUT2D eigenvalue weighted by Crippen LogP contribution is 2.29. The fourth-order valence-electron chi connectivity index (χ4n) is 3.76. The van der Waals surface area contributed by atoms with E-state index in [0.29, 0.717) is 17.8 Å². The van der Waals surface area contributed by atoms with E-state index in [9.17, 15) is 14.0 Å². The molecule has 2 heterocycles. The molecule has 0 saturated heterocycles. The Labute approximate surface area is 168 Å². The van der Waals surface area contributed by atoms with Gasteiger partial charge in [0, 0.05) is 23.9 Å². The molecule has 0 N–H and O–H groups in total. The average molecular weight is 391 g/mol. The van der Waals surface area contributed by atoms with E-state index in [2.05, 4.69) is 11.2 Å². The van der Waals surface area contributed by atoms with Crippen molar-refractivity contribution in [3.05, 3.63) is 81.9 Å². The molecule has 2 aromatic carbocycles. The largest absolute Gasteiger partial charge is 0.310 e. The van der Waals surface area contributed by atoms with Gasteiger partial charge < -0.3 is 4.90 Å². The number of halogens is 1. The number of rotatable bonds is 3. The molecule has 5 nitrogen and oxygen atoms in total. The first kappa shape index (κ1) is 19.1. The van der Waals surface area contributed by atoms with Gasteiger partial charge in [-0.3, -0.25) is 9.59 Å². The lowest BCUT2D eigenvalue weighted by Crippen LogP contribution is -2.42. The van der Waals surface area contributed by atoms with Crippen LogP contribution >= 0.6 is 0 Å². The van der Waals surface area contributed by atoms with Gasteiger partial charge in [-0.1, -0.05) is 17.7 Å². The van der Waals surface area contributed by atoms with Gasteiger partial charge in [-0.05, 0) is 68.7 Å². The highest BCUT2D eigenvalue weighted by Gasteiger charge is 2.28. The minimum Gasteiger partial charge on any atom is -0.310 e. The Hall–Kier alpha value is -3.28. The number of nitrogens with zero attached hydrogens (tertiary/aromatic N) is 3. The van der Waals surface area contributed by atoms with Crippen molar-refractivity contribution in [3.63, 3.8) is 0 Å². The molecule has 3 aromatic rings. The number of benzene rings is 2. The third-order valence-electron chi connectivity index (χ3n) is 5.31. The van der Waals surface area contributed by atoms with Crippen LogP contribution in [0, 0.1) is 12.7 Å². The number of carbonyl (C=O) groups is 1. The van der Waals surface area contributed by atoms with E-state index >= 15 is 0 Å². The van der Waals surface area contributed by atoms with Crippen molar-refractivity contribution in [1.82, 2.24) is 9.78 Å². The second kappa shape index (κ2) is 7.62. The predicted octanol–water partition coefficient (Wildman–Crippen LogP) is 3.90. The van der Waals surface area contributed by atoms with Crippen LogP contribution in [-0.2, 0) is 11.2 Å². The molecule has 148 valence electrons. The van der Waals surface area contributed by atoms with Crippen LogP contribution in [0.5, 0.6) is 0 Å². The summed E-state index contributed by atoms with van der Waals surface area (Å²) in [4.78, 5) is 27.5. The molecule has 0 bridgehead atoms. The molecule has 1 aliphatic rings. The molecule has 29 heavy (non-hydrogen) atoms. The minimum absolute atomic E-state index is 0.166. The first-order valence-corrected chi connectivity index (χ1v) is 9.71. The summed E-state index contributed by atoms with van der Waals surface area (Å²) in [6.07, 6.45) is 1.82. The van der Waals surface area contributed by atoms with Crippen LogP contribution in [-0.4, -0.2) is 22.2 Å². The fraction of sp³-hybridized carbons (Fsp3) is 0.261. The van der Waals surface area contributed by atoms with Crippen LogP contribution in [0.25, 0.3) is 11.3 Å². The zero-order chi connectivity index (χ0) is 20.5. The van der Waals surface area contributed by atoms with Crippen molar-refractivity contribution in [2.24, 2.45) is 0 Å². The van der Waals surface area contributed by atoms with Crippen molar-refractivity contribution < 1.29 is 9.18 Å². The lowest BCUT2D eigenvalue weighted by Gasteiger charge is -2.32. The monoisotopic (exact) mass is 391 g/mol. The number of aromatic nitrogens is 2. The highest BCUT2D eigenvalue weighted by atomic mass is 19.1. The van der Waals surface area contributed by atoms with Gasteiger partial charge in [0.05, 0.1) is 5.69 Å². The van der Waals surface area contributed by atoms with Gasteiger partial charge in [0.2, 0.25) is 0 Å². The summed E-state index contributed by atoms with van der Waals surface area (Å²) in [6, 6.07) is 14.2. The summed E-state index contributed by atoms with van der Waals surface area (Å²) in [5.41, 5.74) is 4.06. The zero-order valence-electron chi connectivity index (χ0n) is 16.4. The molecule has 0 aliphatic carbocycles. The van der Waals surface area contributed by atoms with Crippen LogP contribution < -0.4 is 10.5 Å². The number of amides is 1. The van der Waals surface area contributed by atoms with Crippen molar-refractivity contribution in [2.75, 3.05) is 11.4 Å². The van der Waals surface area contributed by atoms with Crippen molar-refractivity contribution in [3.8, 4) is 11.3 Å². The van der Waals surface area contributed by atoms with E-state index in [0.717, 1.165) is 29.7 Å². The Balaban J connectivity index is 1.67. The maximum absolute atomic E-state index is 13.3. The number of anilines is 1. The van der Waals surface area contributed by atoms with Crippen LogP contribution in [0.3, 0.4) is 0 Å². The van der Waals surface area contributed by atoms with Gasteiger partial charge in [0.15, 0.2) is 0 Å². The first-order valence-electron chi connectivity index (χ1n) is 9.71. The van der Waals surface area contributed by atoms with Gasteiger partial charge in [0.25, 0.3) is 11.5 Å². The lowest BCUT2D eigenvalue weighted by molar-refractivity contribution is -0.121. The van der Waals surface area contributed by atoms with E-state index in [1.807, 2.05) is 19.1 Å². The third kappa shape index (κ3) is 3.70. The Morgan fingerprint density at radius 3 is 2.62 bits per heavy atom. The molecule has 0 radical (unpaired) electrons. The number of hydrogen-bond donors (Lipinski definition) is 0. The molecule has 1 unspecified atom stereocenters. The quantitative estimate of drug-likeness (QED) is 0.680. The molecule has 1 amide bonds. The Kier molecular flexibility index (Phi) is 5.01.